The summed E-state index contributed by atoms with van der Waals surface area (Å²) in [7, 11) is 0. The standard InChI is InChI=1S/C23H18BrN3O4S/c1-11-8-15-9-14(6-7-17(15)31-11)20(28)18-19(13-4-3-5-16(24)10-13)27(22(30)21(18)29)23-26-25-12(2)32-23/h3-7,9-11,19,28H,8H2,1-2H3/b20-18+. The monoisotopic (exact) mass is 511 g/mol. The van der Waals surface area contributed by atoms with Crippen molar-refractivity contribution in [3.63, 3.8) is 0 Å². The predicted molar refractivity (Wildman–Crippen MR) is 124 cm³/mol. The minimum Gasteiger partial charge on any atom is -0.507 e. The second-order valence-corrected chi connectivity index (χ2v) is 9.86. The van der Waals surface area contributed by atoms with Crippen LogP contribution >= 0.6 is 27.3 Å². The quantitative estimate of drug-likeness (QED) is 0.314. The molecule has 0 saturated carbocycles. The summed E-state index contributed by atoms with van der Waals surface area (Å²) in [5, 5.41) is 20.3. The van der Waals surface area contributed by atoms with E-state index in [2.05, 4.69) is 26.1 Å². The zero-order chi connectivity index (χ0) is 22.6. The molecule has 2 aliphatic heterocycles. The lowest BCUT2D eigenvalue weighted by Gasteiger charge is -2.22. The molecule has 0 spiro atoms. The number of benzene rings is 2. The summed E-state index contributed by atoms with van der Waals surface area (Å²) < 4.78 is 6.53. The van der Waals surface area contributed by atoms with Gasteiger partial charge >= 0.3 is 5.91 Å². The number of rotatable bonds is 3. The highest BCUT2D eigenvalue weighted by atomic mass is 79.9. The van der Waals surface area contributed by atoms with Gasteiger partial charge in [-0.05, 0) is 55.3 Å². The number of hydrogen-bond acceptors (Lipinski definition) is 7. The lowest BCUT2D eigenvalue weighted by molar-refractivity contribution is -0.132. The molecule has 1 fully saturated rings. The van der Waals surface area contributed by atoms with Crippen molar-refractivity contribution in [3.05, 3.63) is 74.2 Å². The Bertz CT molecular complexity index is 1300. The van der Waals surface area contributed by atoms with Crippen LogP contribution < -0.4 is 9.64 Å². The number of halogens is 1. The predicted octanol–water partition coefficient (Wildman–Crippen LogP) is 4.56. The first-order valence-electron chi connectivity index (χ1n) is 10.00. The highest BCUT2D eigenvalue weighted by Crippen LogP contribution is 2.44. The molecule has 7 nitrogen and oxygen atoms in total. The normalized spacial score (nSPS) is 21.7. The molecule has 5 rings (SSSR count). The van der Waals surface area contributed by atoms with E-state index in [1.807, 2.05) is 37.3 Å². The summed E-state index contributed by atoms with van der Waals surface area (Å²) >= 11 is 4.67. The number of carbonyl (C=O) groups is 2. The van der Waals surface area contributed by atoms with Crippen molar-refractivity contribution in [3.8, 4) is 5.75 Å². The molecule has 0 radical (unpaired) electrons. The van der Waals surface area contributed by atoms with Gasteiger partial charge in [-0.3, -0.25) is 14.5 Å². The fourth-order valence-electron chi connectivity index (χ4n) is 4.13. The van der Waals surface area contributed by atoms with Crippen LogP contribution in [0.2, 0.25) is 0 Å². The van der Waals surface area contributed by atoms with Gasteiger partial charge in [0, 0.05) is 16.5 Å². The first kappa shape index (κ1) is 20.8. The summed E-state index contributed by atoms with van der Waals surface area (Å²) in [6, 6.07) is 11.8. The first-order chi connectivity index (χ1) is 15.3. The number of aliphatic hydroxyl groups is 1. The van der Waals surface area contributed by atoms with Crippen molar-refractivity contribution in [2.45, 2.75) is 32.4 Å². The van der Waals surface area contributed by atoms with E-state index in [9.17, 15) is 14.7 Å². The van der Waals surface area contributed by atoms with Gasteiger partial charge in [0.05, 0.1) is 11.6 Å². The summed E-state index contributed by atoms with van der Waals surface area (Å²) in [6.45, 7) is 3.75. The molecular formula is C23H18BrN3O4S. The molecule has 162 valence electrons. The Hall–Kier alpha value is -3.04. The number of amides is 1. The average molecular weight is 512 g/mol. The molecule has 0 aliphatic carbocycles. The minimum atomic E-state index is -0.830. The Morgan fingerprint density at radius 3 is 2.75 bits per heavy atom. The zero-order valence-corrected chi connectivity index (χ0v) is 19.6. The van der Waals surface area contributed by atoms with Crippen molar-refractivity contribution in [1.82, 2.24) is 10.2 Å². The second-order valence-electron chi connectivity index (χ2n) is 7.78. The van der Waals surface area contributed by atoms with Crippen LogP contribution in [0.15, 0.2) is 52.5 Å². The van der Waals surface area contributed by atoms with E-state index in [1.54, 1.807) is 19.1 Å². The van der Waals surface area contributed by atoms with E-state index >= 15 is 0 Å². The second kappa shape index (κ2) is 7.83. The van der Waals surface area contributed by atoms with Crippen LogP contribution in [0, 0.1) is 6.92 Å². The Morgan fingerprint density at radius 1 is 1.22 bits per heavy atom. The van der Waals surface area contributed by atoms with Gasteiger partial charge in [-0.1, -0.05) is 39.4 Å². The van der Waals surface area contributed by atoms with Gasteiger partial charge in [-0.25, -0.2) is 0 Å². The van der Waals surface area contributed by atoms with Gasteiger partial charge in [-0.15, -0.1) is 10.2 Å². The SMILES string of the molecule is Cc1nnc(N2C(=O)C(=O)/C(=C(/O)c3ccc4c(c3)CC(C)O4)C2c2cccc(Br)c2)s1. The fraction of sp³-hybridized carbons (Fsp3) is 0.217. The summed E-state index contributed by atoms with van der Waals surface area (Å²) in [6.07, 6.45) is 0.763. The van der Waals surface area contributed by atoms with E-state index in [1.165, 1.54) is 16.2 Å². The lowest BCUT2D eigenvalue weighted by atomic mass is 9.94. The van der Waals surface area contributed by atoms with E-state index in [4.69, 9.17) is 4.74 Å². The molecular weight excluding hydrogens is 494 g/mol. The lowest BCUT2D eigenvalue weighted by Crippen LogP contribution is -2.29. The maximum absolute atomic E-state index is 13.2. The van der Waals surface area contributed by atoms with Gasteiger partial charge in [0.1, 0.15) is 22.6 Å². The van der Waals surface area contributed by atoms with E-state index < -0.39 is 17.7 Å². The Kier molecular flexibility index (Phi) is 5.10. The number of anilines is 1. The number of ketones is 1. The molecule has 32 heavy (non-hydrogen) atoms. The molecule has 0 bridgehead atoms. The highest BCUT2D eigenvalue weighted by molar-refractivity contribution is 9.10. The van der Waals surface area contributed by atoms with Crippen LogP contribution in [-0.2, 0) is 16.0 Å². The molecule has 1 N–H and O–H groups in total. The fourth-order valence-corrected chi connectivity index (χ4v) is 5.26. The van der Waals surface area contributed by atoms with Crippen LogP contribution in [0.4, 0.5) is 5.13 Å². The molecule has 3 heterocycles. The molecule has 3 aromatic rings. The van der Waals surface area contributed by atoms with Gasteiger partial charge in [0.15, 0.2) is 0 Å². The third-order valence-electron chi connectivity index (χ3n) is 5.50. The van der Waals surface area contributed by atoms with Crippen molar-refractivity contribution in [2.75, 3.05) is 4.90 Å². The largest absolute Gasteiger partial charge is 0.507 e. The third-order valence-corrected chi connectivity index (χ3v) is 6.83. The zero-order valence-electron chi connectivity index (χ0n) is 17.2. The Labute approximate surface area is 196 Å². The number of fused-ring (bicyclic) bond motifs is 1. The number of Topliss-reactive ketones (excluding diaryl/α,β-unsaturated/α-hetero) is 1. The molecule has 2 unspecified atom stereocenters. The number of aromatic nitrogens is 2. The van der Waals surface area contributed by atoms with Gasteiger partial charge in [0.2, 0.25) is 5.13 Å². The molecule has 1 amide bonds. The van der Waals surface area contributed by atoms with Crippen LogP contribution in [0.1, 0.15) is 34.7 Å². The summed E-state index contributed by atoms with van der Waals surface area (Å²) in [4.78, 5) is 27.6. The van der Waals surface area contributed by atoms with Crippen molar-refractivity contribution < 1.29 is 19.4 Å². The number of aliphatic hydroxyl groups excluding tert-OH is 1. The Morgan fingerprint density at radius 2 is 2.03 bits per heavy atom. The first-order valence-corrected chi connectivity index (χ1v) is 11.6. The van der Waals surface area contributed by atoms with E-state index in [0.29, 0.717) is 27.7 Å². The van der Waals surface area contributed by atoms with Crippen LogP contribution in [0.5, 0.6) is 5.75 Å². The maximum atomic E-state index is 13.2. The minimum absolute atomic E-state index is 0.0212. The van der Waals surface area contributed by atoms with Crippen molar-refractivity contribution >= 4 is 49.8 Å². The summed E-state index contributed by atoms with van der Waals surface area (Å²) in [5.74, 6) is -0.960. The van der Waals surface area contributed by atoms with Crippen LogP contribution in [0.3, 0.4) is 0 Å². The smallest absolute Gasteiger partial charge is 0.301 e. The number of carbonyl (C=O) groups excluding carboxylic acids is 2. The molecule has 2 aromatic carbocycles. The molecule has 1 aromatic heterocycles. The van der Waals surface area contributed by atoms with E-state index in [0.717, 1.165) is 15.8 Å². The highest BCUT2D eigenvalue weighted by Gasteiger charge is 2.48. The van der Waals surface area contributed by atoms with Crippen molar-refractivity contribution in [2.24, 2.45) is 0 Å². The molecule has 1 saturated heterocycles. The van der Waals surface area contributed by atoms with Gasteiger partial charge in [-0.2, -0.15) is 0 Å². The topological polar surface area (TPSA) is 92.6 Å². The van der Waals surface area contributed by atoms with Crippen molar-refractivity contribution in [1.29, 1.82) is 0 Å². The number of ether oxygens (including phenoxy) is 1. The number of nitrogens with zero attached hydrogens (tertiary/aromatic N) is 3. The maximum Gasteiger partial charge on any atom is 0.301 e. The van der Waals surface area contributed by atoms with Gasteiger partial charge in [0.25, 0.3) is 5.78 Å². The summed E-state index contributed by atoms with van der Waals surface area (Å²) in [5.41, 5.74) is 2.11. The third kappa shape index (κ3) is 3.41. The molecule has 9 heteroatoms. The van der Waals surface area contributed by atoms with Gasteiger partial charge < -0.3 is 9.84 Å². The Balaban J connectivity index is 1.69. The van der Waals surface area contributed by atoms with E-state index in [-0.39, 0.29) is 17.4 Å². The number of hydrogen-bond donors (Lipinski definition) is 1. The molecule has 2 aliphatic rings. The van der Waals surface area contributed by atoms with Crippen LogP contribution in [0.25, 0.3) is 5.76 Å². The van der Waals surface area contributed by atoms with Crippen LogP contribution in [-0.4, -0.2) is 33.1 Å². The molecule has 2 atom stereocenters. The number of aryl methyl sites for hydroxylation is 1. The average Bonchev–Trinajstić information content (AvgIpc) is 3.42.